The number of pyridine rings is 1. The van der Waals surface area contributed by atoms with E-state index < -0.39 is 28.5 Å². The third kappa shape index (κ3) is 4.74. The lowest BCUT2D eigenvalue weighted by Gasteiger charge is -2.20. The number of fused-ring (bicyclic) bond motifs is 2. The van der Waals surface area contributed by atoms with Gasteiger partial charge in [-0.25, -0.2) is 17.5 Å². The maximum Gasteiger partial charge on any atom is 0.339 e. The fourth-order valence-electron chi connectivity index (χ4n) is 3.95. The second-order valence-corrected chi connectivity index (χ2v) is 10.2. The van der Waals surface area contributed by atoms with Crippen LogP contribution in [0, 0.1) is 0 Å². The number of aryl methyl sites for hydroxylation is 1. The van der Waals surface area contributed by atoms with Gasteiger partial charge in [-0.2, -0.15) is 0 Å². The van der Waals surface area contributed by atoms with Gasteiger partial charge in [-0.05, 0) is 55.5 Å². The Kier molecular flexibility index (Phi) is 6.44. The molecule has 1 aromatic heterocycles. The van der Waals surface area contributed by atoms with Crippen molar-refractivity contribution in [3.8, 4) is 0 Å². The third-order valence-electron chi connectivity index (χ3n) is 5.60. The molecule has 0 saturated carbocycles. The van der Waals surface area contributed by atoms with Crippen LogP contribution in [-0.2, 0) is 32.4 Å². The monoisotopic (exact) mass is 467 g/mol. The third-order valence-corrected chi connectivity index (χ3v) is 7.42. The number of aromatic nitrogens is 1. The van der Waals surface area contributed by atoms with Crippen LogP contribution in [0.25, 0.3) is 10.9 Å². The molecule has 172 valence electrons. The van der Waals surface area contributed by atoms with Crippen LogP contribution in [-0.4, -0.2) is 50.3 Å². The van der Waals surface area contributed by atoms with Gasteiger partial charge >= 0.3 is 5.97 Å². The number of benzene rings is 2. The number of carbonyl (C=O) groups excluding carboxylic acids is 2. The first-order valence-electron chi connectivity index (χ1n) is 10.7. The van der Waals surface area contributed by atoms with Gasteiger partial charge in [-0.1, -0.05) is 24.3 Å². The SMILES string of the molecule is CN(C)S(=O)(=O)c1cccc(NC(=O)COC(=O)c2c3c(nc4ccccc24)CCCC3)c1. The summed E-state index contributed by atoms with van der Waals surface area (Å²) in [5, 5.41) is 3.30. The van der Waals surface area contributed by atoms with E-state index in [1.807, 2.05) is 24.3 Å². The van der Waals surface area contributed by atoms with Gasteiger partial charge in [0.1, 0.15) is 0 Å². The van der Waals surface area contributed by atoms with Gasteiger partial charge in [0, 0.05) is 30.9 Å². The Balaban J connectivity index is 1.50. The average Bonchev–Trinajstić information content (AvgIpc) is 2.81. The minimum Gasteiger partial charge on any atom is -0.452 e. The molecule has 1 N–H and O–H groups in total. The zero-order valence-electron chi connectivity index (χ0n) is 18.5. The highest BCUT2D eigenvalue weighted by molar-refractivity contribution is 7.89. The lowest BCUT2D eigenvalue weighted by atomic mass is 9.90. The van der Waals surface area contributed by atoms with Crippen molar-refractivity contribution in [2.75, 3.05) is 26.0 Å². The molecule has 0 saturated heterocycles. The zero-order chi connectivity index (χ0) is 23.6. The molecule has 0 bridgehead atoms. The summed E-state index contributed by atoms with van der Waals surface area (Å²) in [7, 11) is -0.772. The number of nitrogens with zero attached hydrogens (tertiary/aromatic N) is 2. The summed E-state index contributed by atoms with van der Waals surface area (Å²) in [5.41, 5.74) is 3.31. The van der Waals surface area contributed by atoms with Gasteiger partial charge < -0.3 is 10.1 Å². The van der Waals surface area contributed by atoms with Gasteiger partial charge in [0.15, 0.2) is 6.61 Å². The van der Waals surface area contributed by atoms with Gasteiger partial charge in [0.2, 0.25) is 10.0 Å². The number of ether oxygens (including phenoxy) is 1. The van der Waals surface area contributed by atoms with E-state index in [1.54, 1.807) is 6.07 Å². The number of sulfonamides is 1. The predicted molar refractivity (Wildman–Crippen MR) is 125 cm³/mol. The molecule has 1 aliphatic carbocycles. The number of nitrogens with one attached hydrogen (secondary N) is 1. The van der Waals surface area contributed by atoms with Crippen molar-refractivity contribution >= 4 is 38.5 Å². The normalized spacial score (nSPS) is 13.5. The summed E-state index contributed by atoms with van der Waals surface area (Å²) in [6, 6.07) is 13.3. The van der Waals surface area contributed by atoms with Crippen molar-refractivity contribution in [1.82, 2.24) is 9.29 Å². The minimum absolute atomic E-state index is 0.0529. The molecule has 8 nitrogen and oxygen atoms in total. The topological polar surface area (TPSA) is 106 Å². The molecule has 0 radical (unpaired) electrons. The number of esters is 1. The standard InChI is InChI=1S/C24H25N3O5S/c1-27(2)33(30,31)17-9-7-8-16(14-17)25-22(28)15-32-24(29)23-18-10-3-5-12-20(18)26-21-13-6-4-11-19(21)23/h3,5,7-10,12,14H,4,6,11,13,15H2,1-2H3,(H,25,28). The van der Waals surface area contributed by atoms with Crippen molar-refractivity contribution in [2.45, 2.75) is 30.6 Å². The van der Waals surface area contributed by atoms with Crippen molar-refractivity contribution in [3.63, 3.8) is 0 Å². The molecule has 1 heterocycles. The van der Waals surface area contributed by atoms with Crippen molar-refractivity contribution in [3.05, 3.63) is 65.4 Å². The van der Waals surface area contributed by atoms with Crippen molar-refractivity contribution in [2.24, 2.45) is 0 Å². The van der Waals surface area contributed by atoms with E-state index in [1.165, 1.54) is 32.3 Å². The summed E-state index contributed by atoms with van der Waals surface area (Å²) in [4.78, 5) is 30.2. The Labute approximate surface area is 192 Å². The smallest absolute Gasteiger partial charge is 0.339 e. The Morgan fingerprint density at radius 3 is 2.61 bits per heavy atom. The van der Waals surface area contributed by atoms with E-state index in [0.717, 1.165) is 46.8 Å². The van der Waals surface area contributed by atoms with Gasteiger partial charge in [0.05, 0.1) is 16.0 Å². The van der Waals surface area contributed by atoms with Crippen LogP contribution in [0.15, 0.2) is 53.4 Å². The second-order valence-electron chi connectivity index (χ2n) is 8.08. The first-order chi connectivity index (χ1) is 15.8. The van der Waals surface area contributed by atoms with Crippen LogP contribution >= 0.6 is 0 Å². The summed E-state index contributed by atoms with van der Waals surface area (Å²) >= 11 is 0. The van der Waals surface area contributed by atoms with Crippen molar-refractivity contribution < 1.29 is 22.7 Å². The molecule has 33 heavy (non-hydrogen) atoms. The Bertz CT molecular complexity index is 1340. The molecule has 4 rings (SSSR count). The molecule has 1 aliphatic rings. The second kappa shape index (κ2) is 9.29. The Hall–Kier alpha value is -3.30. The van der Waals surface area contributed by atoms with Crippen LogP contribution in [0.3, 0.4) is 0 Å². The molecule has 0 fully saturated rings. The van der Waals surface area contributed by atoms with E-state index in [4.69, 9.17) is 9.72 Å². The summed E-state index contributed by atoms with van der Waals surface area (Å²) in [6.45, 7) is -0.491. The summed E-state index contributed by atoms with van der Waals surface area (Å²) in [6.07, 6.45) is 3.56. The summed E-state index contributed by atoms with van der Waals surface area (Å²) < 4.78 is 31.1. The lowest BCUT2D eigenvalue weighted by molar-refractivity contribution is -0.119. The molecule has 0 aliphatic heterocycles. The molecular weight excluding hydrogens is 442 g/mol. The van der Waals surface area contributed by atoms with E-state index in [-0.39, 0.29) is 4.90 Å². The van der Waals surface area contributed by atoms with E-state index in [2.05, 4.69) is 5.32 Å². The first-order valence-corrected chi connectivity index (χ1v) is 12.1. The Morgan fingerprint density at radius 1 is 1.06 bits per heavy atom. The Morgan fingerprint density at radius 2 is 1.82 bits per heavy atom. The molecule has 9 heteroatoms. The first kappa shape index (κ1) is 22.9. The van der Waals surface area contributed by atoms with Crippen LogP contribution in [0.1, 0.15) is 34.5 Å². The van der Waals surface area contributed by atoms with Gasteiger partial charge in [0.25, 0.3) is 5.91 Å². The minimum atomic E-state index is -3.64. The predicted octanol–water partition coefficient (Wildman–Crippen LogP) is 3.16. The fraction of sp³-hybridized carbons (Fsp3) is 0.292. The van der Waals surface area contributed by atoms with E-state index >= 15 is 0 Å². The highest BCUT2D eigenvalue weighted by Crippen LogP contribution is 2.29. The van der Waals surface area contributed by atoms with Crippen LogP contribution in [0.4, 0.5) is 5.69 Å². The lowest BCUT2D eigenvalue weighted by Crippen LogP contribution is -2.24. The average molecular weight is 468 g/mol. The quantitative estimate of drug-likeness (QED) is 0.558. The largest absolute Gasteiger partial charge is 0.452 e. The molecule has 0 unspecified atom stereocenters. The van der Waals surface area contributed by atoms with Crippen LogP contribution in [0.5, 0.6) is 0 Å². The number of rotatable bonds is 6. The molecular formula is C24H25N3O5S. The van der Waals surface area contributed by atoms with E-state index in [0.29, 0.717) is 16.6 Å². The number of hydrogen-bond acceptors (Lipinski definition) is 6. The molecule has 1 amide bonds. The van der Waals surface area contributed by atoms with Crippen LogP contribution in [0.2, 0.25) is 0 Å². The maximum atomic E-state index is 13.0. The van der Waals surface area contributed by atoms with Gasteiger partial charge in [-0.3, -0.25) is 9.78 Å². The number of hydrogen-bond donors (Lipinski definition) is 1. The maximum absolute atomic E-state index is 13.0. The van der Waals surface area contributed by atoms with Crippen LogP contribution < -0.4 is 5.32 Å². The van der Waals surface area contributed by atoms with Gasteiger partial charge in [-0.15, -0.1) is 0 Å². The molecule has 0 atom stereocenters. The van der Waals surface area contributed by atoms with Crippen molar-refractivity contribution in [1.29, 1.82) is 0 Å². The highest BCUT2D eigenvalue weighted by Gasteiger charge is 2.24. The number of para-hydroxylation sites is 1. The summed E-state index contributed by atoms with van der Waals surface area (Å²) in [5.74, 6) is -1.12. The zero-order valence-corrected chi connectivity index (χ0v) is 19.3. The molecule has 2 aromatic carbocycles. The molecule has 3 aromatic rings. The number of amides is 1. The molecule has 0 spiro atoms. The fourth-order valence-corrected chi connectivity index (χ4v) is 4.90. The highest BCUT2D eigenvalue weighted by atomic mass is 32.2. The number of anilines is 1. The number of carbonyl (C=O) groups is 2. The van der Waals surface area contributed by atoms with E-state index in [9.17, 15) is 18.0 Å².